The number of rotatable bonds is 6. The molecule has 0 saturated heterocycles. The van der Waals surface area contributed by atoms with Gasteiger partial charge >= 0.3 is 0 Å². The summed E-state index contributed by atoms with van der Waals surface area (Å²) in [6, 6.07) is 8.77. The fraction of sp³-hybridized carbons (Fsp3) is 0.647. The molecule has 2 N–H and O–H groups in total. The van der Waals surface area contributed by atoms with Gasteiger partial charge in [-0.3, -0.25) is 0 Å². The summed E-state index contributed by atoms with van der Waals surface area (Å²) >= 11 is 0. The topological polar surface area (TPSA) is 41.5 Å². The van der Waals surface area contributed by atoms with Crippen molar-refractivity contribution in [2.75, 3.05) is 13.2 Å². The second kappa shape index (κ2) is 5.74. The van der Waals surface area contributed by atoms with Crippen LogP contribution < -0.4 is 10.1 Å². The van der Waals surface area contributed by atoms with Crippen LogP contribution in [0.2, 0.25) is 0 Å². The number of ether oxygens (including phenoxy) is 1. The van der Waals surface area contributed by atoms with Gasteiger partial charge in [-0.25, -0.2) is 0 Å². The molecule has 1 aromatic rings. The number of hydrogen-bond donors (Lipinski definition) is 2. The van der Waals surface area contributed by atoms with Crippen LogP contribution in [0.4, 0.5) is 0 Å². The SMILES string of the molecule is CC(CO)(COc1cccc(C(C)(C)C)c1)NC1CC1. The molecule has 1 atom stereocenters. The van der Waals surface area contributed by atoms with E-state index < -0.39 is 0 Å². The minimum atomic E-state index is -0.362. The largest absolute Gasteiger partial charge is 0.492 e. The van der Waals surface area contributed by atoms with Gasteiger partial charge in [0, 0.05) is 6.04 Å². The Kier molecular flexibility index (Phi) is 4.40. The Balaban J connectivity index is 1.98. The van der Waals surface area contributed by atoms with Crippen LogP contribution >= 0.6 is 0 Å². The van der Waals surface area contributed by atoms with Gasteiger partial charge in [-0.15, -0.1) is 0 Å². The summed E-state index contributed by atoms with van der Waals surface area (Å²) in [5.41, 5.74) is 1.01. The van der Waals surface area contributed by atoms with E-state index in [0.29, 0.717) is 12.6 Å². The van der Waals surface area contributed by atoms with E-state index in [-0.39, 0.29) is 17.6 Å². The van der Waals surface area contributed by atoms with Crippen LogP contribution in [0, 0.1) is 0 Å². The summed E-state index contributed by atoms with van der Waals surface area (Å²) < 4.78 is 5.90. The fourth-order valence-electron chi connectivity index (χ4n) is 2.15. The maximum absolute atomic E-state index is 9.58. The second-order valence-corrected chi connectivity index (χ2v) is 7.20. The Bertz CT molecular complexity index is 449. The molecule has 0 spiro atoms. The van der Waals surface area contributed by atoms with Crippen LogP contribution in [0.3, 0.4) is 0 Å². The molecule has 0 aliphatic heterocycles. The molecule has 1 aliphatic rings. The minimum absolute atomic E-state index is 0.0858. The first-order chi connectivity index (χ1) is 9.32. The van der Waals surface area contributed by atoms with Crippen LogP contribution in [-0.4, -0.2) is 29.9 Å². The molecule has 0 aromatic heterocycles. The van der Waals surface area contributed by atoms with Gasteiger partial charge in [0.25, 0.3) is 0 Å². The summed E-state index contributed by atoms with van der Waals surface area (Å²) in [4.78, 5) is 0. The maximum Gasteiger partial charge on any atom is 0.119 e. The molecule has 1 saturated carbocycles. The minimum Gasteiger partial charge on any atom is -0.492 e. The Morgan fingerprint density at radius 2 is 1.95 bits per heavy atom. The Hall–Kier alpha value is -1.06. The molecule has 1 fully saturated rings. The molecule has 0 bridgehead atoms. The third kappa shape index (κ3) is 4.22. The van der Waals surface area contributed by atoms with E-state index in [1.54, 1.807) is 0 Å². The van der Waals surface area contributed by atoms with E-state index in [2.05, 4.69) is 38.2 Å². The first kappa shape index (κ1) is 15.3. The third-order valence-electron chi connectivity index (χ3n) is 3.74. The van der Waals surface area contributed by atoms with Crippen molar-refractivity contribution < 1.29 is 9.84 Å². The highest BCUT2D eigenvalue weighted by molar-refractivity contribution is 5.32. The summed E-state index contributed by atoms with van der Waals surface area (Å²) in [6.07, 6.45) is 2.41. The number of aliphatic hydroxyl groups excluding tert-OH is 1. The van der Waals surface area contributed by atoms with Crippen LogP contribution in [0.5, 0.6) is 5.75 Å². The Morgan fingerprint density at radius 3 is 2.50 bits per heavy atom. The van der Waals surface area contributed by atoms with Gasteiger partial charge in [-0.2, -0.15) is 0 Å². The fourth-order valence-corrected chi connectivity index (χ4v) is 2.15. The molecule has 1 aliphatic carbocycles. The van der Waals surface area contributed by atoms with Gasteiger partial charge in [0.1, 0.15) is 12.4 Å². The zero-order valence-corrected chi connectivity index (χ0v) is 13.1. The lowest BCUT2D eigenvalue weighted by molar-refractivity contribution is 0.114. The second-order valence-electron chi connectivity index (χ2n) is 7.20. The molecular weight excluding hydrogens is 250 g/mol. The van der Waals surface area contributed by atoms with Crippen molar-refractivity contribution in [3.05, 3.63) is 29.8 Å². The standard InChI is InChI=1S/C17H27NO2/c1-16(2,3)13-6-5-7-15(10-13)20-12-17(4,11-19)18-14-8-9-14/h5-7,10,14,18-19H,8-9,11-12H2,1-4H3. The van der Waals surface area contributed by atoms with Crippen molar-refractivity contribution >= 4 is 0 Å². The van der Waals surface area contributed by atoms with Crippen molar-refractivity contribution in [1.82, 2.24) is 5.32 Å². The molecule has 20 heavy (non-hydrogen) atoms. The zero-order chi connectivity index (χ0) is 14.8. The molecule has 1 unspecified atom stereocenters. The lowest BCUT2D eigenvalue weighted by Crippen LogP contribution is -2.51. The van der Waals surface area contributed by atoms with Crippen LogP contribution in [0.1, 0.15) is 46.1 Å². The molecule has 2 rings (SSSR count). The van der Waals surface area contributed by atoms with E-state index >= 15 is 0 Å². The van der Waals surface area contributed by atoms with Crippen molar-refractivity contribution in [3.63, 3.8) is 0 Å². The van der Waals surface area contributed by atoms with Crippen molar-refractivity contribution in [3.8, 4) is 5.75 Å². The van der Waals surface area contributed by atoms with E-state index in [0.717, 1.165) is 5.75 Å². The van der Waals surface area contributed by atoms with Crippen LogP contribution in [0.25, 0.3) is 0 Å². The first-order valence-corrected chi connectivity index (χ1v) is 7.44. The highest BCUT2D eigenvalue weighted by atomic mass is 16.5. The zero-order valence-electron chi connectivity index (χ0n) is 13.1. The average molecular weight is 277 g/mol. The molecule has 112 valence electrons. The summed E-state index contributed by atoms with van der Waals surface area (Å²) in [5.74, 6) is 0.870. The molecule has 0 amide bonds. The maximum atomic E-state index is 9.58. The van der Waals surface area contributed by atoms with E-state index in [9.17, 15) is 5.11 Å². The van der Waals surface area contributed by atoms with Crippen molar-refractivity contribution in [2.24, 2.45) is 0 Å². The molecule has 0 heterocycles. The average Bonchev–Trinajstić information content (AvgIpc) is 3.20. The summed E-state index contributed by atoms with van der Waals surface area (Å²) in [7, 11) is 0. The smallest absolute Gasteiger partial charge is 0.119 e. The van der Waals surface area contributed by atoms with Gasteiger partial charge in [-0.1, -0.05) is 32.9 Å². The lowest BCUT2D eigenvalue weighted by Gasteiger charge is -2.29. The van der Waals surface area contributed by atoms with Crippen LogP contribution in [0.15, 0.2) is 24.3 Å². The lowest BCUT2D eigenvalue weighted by atomic mass is 9.87. The van der Waals surface area contributed by atoms with Gasteiger partial charge in [0.15, 0.2) is 0 Å². The molecular formula is C17H27NO2. The normalized spacial score (nSPS) is 18.6. The highest BCUT2D eigenvalue weighted by Crippen LogP contribution is 2.27. The van der Waals surface area contributed by atoms with Crippen LogP contribution in [-0.2, 0) is 5.41 Å². The highest BCUT2D eigenvalue weighted by Gasteiger charge is 2.32. The first-order valence-electron chi connectivity index (χ1n) is 7.44. The quantitative estimate of drug-likeness (QED) is 0.840. The van der Waals surface area contributed by atoms with Crippen molar-refractivity contribution in [1.29, 1.82) is 0 Å². The molecule has 3 heteroatoms. The Morgan fingerprint density at radius 1 is 1.25 bits per heavy atom. The molecule has 0 radical (unpaired) electrons. The third-order valence-corrected chi connectivity index (χ3v) is 3.74. The van der Waals surface area contributed by atoms with E-state index in [1.807, 2.05) is 19.1 Å². The van der Waals surface area contributed by atoms with Gasteiger partial charge in [0.2, 0.25) is 0 Å². The van der Waals surface area contributed by atoms with Gasteiger partial charge < -0.3 is 15.2 Å². The van der Waals surface area contributed by atoms with Gasteiger partial charge in [0.05, 0.1) is 12.1 Å². The van der Waals surface area contributed by atoms with E-state index in [1.165, 1.54) is 18.4 Å². The van der Waals surface area contributed by atoms with Crippen molar-refractivity contribution in [2.45, 2.75) is 57.5 Å². The number of benzene rings is 1. The predicted molar refractivity (Wildman–Crippen MR) is 82.3 cm³/mol. The van der Waals surface area contributed by atoms with Gasteiger partial charge in [-0.05, 0) is 42.9 Å². The summed E-state index contributed by atoms with van der Waals surface area (Å²) in [5, 5.41) is 13.0. The predicted octanol–water partition coefficient (Wildman–Crippen LogP) is 2.87. The number of nitrogens with one attached hydrogen (secondary N) is 1. The molecule has 3 nitrogen and oxygen atoms in total. The summed E-state index contributed by atoms with van der Waals surface area (Å²) in [6.45, 7) is 9.16. The monoisotopic (exact) mass is 277 g/mol. The molecule has 1 aromatic carbocycles. The number of hydrogen-bond acceptors (Lipinski definition) is 3. The number of aliphatic hydroxyl groups is 1. The van der Waals surface area contributed by atoms with E-state index in [4.69, 9.17) is 4.74 Å². The Labute approximate surface area is 122 Å².